The number of benzene rings is 1. The van der Waals surface area contributed by atoms with E-state index in [1.165, 1.54) is 0 Å². The number of nitrogens with one attached hydrogen (secondary N) is 6. The first-order valence-electron chi connectivity index (χ1n) is 15.4. The molecule has 1 aromatic rings. The van der Waals surface area contributed by atoms with E-state index < -0.39 is 122 Å². The van der Waals surface area contributed by atoms with Crippen molar-refractivity contribution in [1.29, 1.82) is 0 Å². The SMILES string of the molecule is CC(C)[C@H](NC(=O)[C@H](Cc1ccccc1)NC(=O)[C@@H](N)CS)C(=O)N[C@@H](CO)C(=O)N[C@@H](CCC(=O)O)C(=O)N[C@@H](CO)C(=O)NCC(=O)O. The average molecular weight is 728 g/mol. The van der Waals surface area contributed by atoms with Crippen LogP contribution in [0.4, 0.5) is 0 Å². The number of thiol groups is 1. The summed E-state index contributed by atoms with van der Waals surface area (Å²) in [7, 11) is 0. The molecule has 0 aromatic heterocycles. The molecule has 278 valence electrons. The topological polar surface area (TPSA) is 316 Å². The summed E-state index contributed by atoms with van der Waals surface area (Å²) in [6.07, 6.45) is -1.14. The Morgan fingerprint density at radius 3 is 1.70 bits per heavy atom. The smallest absolute Gasteiger partial charge is 0.322 e. The zero-order valence-electron chi connectivity index (χ0n) is 27.5. The Morgan fingerprint density at radius 2 is 1.18 bits per heavy atom. The number of hydrogen-bond acceptors (Lipinski definition) is 12. The molecule has 19 nitrogen and oxygen atoms in total. The quantitative estimate of drug-likeness (QED) is 0.0503. The van der Waals surface area contributed by atoms with Gasteiger partial charge in [0.1, 0.15) is 36.8 Å². The molecule has 12 N–H and O–H groups in total. The summed E-state index contributed by atoms with van der Waals surface area (Å²) in [4.78, 5) is 99.4. The van der Waals surface area contributed by atoms with Gasteiger partial charge in [0.25, 0.3) is 0 Å². The van der Waals surface area contributed by atoms with Crippen LogP contribution in [0.15, 0.2) is 30.3 Å². The van der Waals surface area contributed by atoms with E-state index in [9.17, 15) is 48.6 Å². The van der Waals surface area contributed by atoms with Gasteiger partial charge in [0.15, 0.2) is 0 Å². The summed E-state index contributed by atoms with van der Waals surface area (Å²) in [6.45, 7) is 0.348. The third-order valence-electron chi connectivity index (χ3n) is 7.02. The summed E-state index contributed by atoms with van der Waals surface area (Å²) in [5.41, 5.74) is 6.44. The molecule has 0 heterocycles. The lowest BCUT2D eigenvalue weighted by Crippen LogP contribution is -2.61. The van der Waals surface area contributed by atoms with Crippen LogP contribution < -0.4 is 37.6 Å². The Bertz CT molecular complexity index is 1350. The van der Waals surface area contributed by atoms with Crippen molar-refractivity contribution in [3.8, 4) is 0 Å². The van der Waals surface area contributed by atoms with Crippen molar-refractivity contribution in [3.63, 3.8) is 0 Å². The third-order valence-corrected chi connectivity index (χ3v) is 7.41. The summed E-state index contributed by atoms with van der Waals surface area (Å²) in [5, 5.41) is 50.9. The first-order valence-corrected chi connectivity index (χ1v) is 16.0. The number of carbonyl (C=O) groups is 8. The van der Waals surface area contributed by atoms with E-state index in [1.54, 1.807) is 44.2 Å². The van der Waals surface area contributed by atoms with E-state index in [0.29, 0.717) is 5.56 Å². The summed E-state index contributed by atoms with van der Waals surface area (Å²) in [6, 6.07) is 0.126. The monoisotopic (exact) mass is 727 g/mol. The molecular formula is C30H45N7O12S. The van der Waals surface area contributed by atoms with E-state index in [4.69, 9.17) is 15.9 Å². The minimum atomic E-state index is -1.72. The van der Waals surface area contributed by atoms with Gasteiger partial charge in [-0.05, 0) is 17.9 Å². The maximum absolute atomic E-state index is 13.4. The lowest BCUT2D eigenvalue weighted by Gasteiger charge is -2.28. The molecule has 0 bridgehead atoms. The molecule has 0 fully saturated rings. The molecule has 0 unspecified atom stereocenters. The van der Waals surface area contributed by atoms with Crippen LogP contribution in [-0.2, 0) is 44.8 Å². The second-order valence-corrected chi connectivity index (χ2v) is 11.7. The standard InChI is InChI=1S/C30H45N7O12S/c1-15(2)24(37-28(47)19(34-25(44)17(31)14-50)10-16-6-4-3-5-7-16)30(49)36-21(13-39)29(48)33-18(8-9-22(40)41)27(46)35-20(12-38)26(45)32-11-23(42)43/h3-7,15,17-21,24,38-39,50H,8-14,31H2,1-2H3,(H,32,45)(H,33,48)(H,34,44)(H,35,46)(H,36,49)(H,37,47)(H,40,41)(H,42,43)/t17-,18-,19-,20-,21-,24-/m0/s1. The molecule has 0 saturated carbocycles. The first kappa shape index (κ1) is 43.2. The Hall–Kier alpha value is -4.79. The van der Waals surface area contributed by atoms with Gasteiger partial charge in [0, 0.05) is 18.6 Å². The Labute approximate surface area is 292 Å². The van der Waals surface area contributed by atoms with E-state index in [-0.39, 0.29) is 12.2 Å². The molecule has 0 spiro atoms. The van der Waals surface area contributed by atoms with Gasteiger partial charge in [-0.25, -0.2) is 0 Å². The van der Waals surface area contributed by atoms with Crippen LogP contribution in [0, 0.1) is 5.92 Å². The summed E-state index contributed by atoms with van der Waals surface area (Å²) >= 11 is 4.00. The molecule has 0 aliphatic heterocycles. The van der Waals surface area contributed by atoms with Crippen molar-refractivity contribution in [2.24, 2.45) is 11.7 Å². The highest BCUT2D eigenvalue weighted by Crippen LogP contribution is 2.08. The Morgan fingerprint density at radius 1 is 0.680 bits per heavy atom. The third kappa shape index (κ3) is 15.2. The minimum Gasteiger partial charge on any atom is -0.481 e. The van der Waals surface area contributed by atoms with Crippen molar-refractivity contribution in [3.05, 3.63) is 35.9 Å². The predicted molar refractivity (Wildman–Crippen MR) is 178 cm³/mol. The minimum absolute atomic E-state index is 0.00386. The van der Waals surface area contributed by atoms with Gasteiger partial charge >= 0.3 is 11.9 Å². The van der Waals surface area contributed by atoms with Gasteiger partial charge in [-0.15, -0.1) is 0 Å². The zero-order chi connectivity index (χ0) is 38.0. The molecule has 50 heavy (non-hydrogen) atoms. The van der Waals surface area contributed by atoms with Crippen LogP contribution in [0.25, 0.3) is 0 Å². The van der Waals surface area contributed by atoms with Gasteiger partial charge in [-0.2, -0.15) is 12.6 Å². The number of aliphatic carboxylic acids is 2. The van der Waals surface area contributed by atoms with Gasteiger partial charge in [-0.3, -0.25) is 38.4 Å². The van der Waals surface area contributed by atoms with Crippen LogP contribution in [0.3, 0.4) is 0 Å². The van der Waals surface area contributed by atoms with Crippen molar-refractivity contribution in [2.45, 2.75) is 69.4 Å². The maximum atomic E-state index is 13.4. The number of carboxylic acids is 2. The fourth-order valence-corrected chi connectivity index (χ4v) is 4.39. The number of nitrogens with two attached hydrogens (primary N) is 1. The largest absolute Gasteiger partial charge is 0.481 e. The van der Waals surface area contributed by atoms with Crippen LogP contribution >= 0.6 is 12.6 Å². The van der Waals surface area contributed by atoms with E-state index in [0.717, 1.165) is 0 Å². The number of aliphatic hydroxyl groups is 2. The summed E-state index contributed by atoms with van der Waals surface area (Å²) < 4.78 is 0. The normalized spacial score (nSPS) is 14.5. The number of carboxylic acid groups (broad SMARTS) is 2. The number of hydrogen-bond donors (Lipinski definition) is 12. The molecular weight excluding hydrogens is 682 g/mol. The van der Waals surface area contributed by atoms with E-state index in [2.05, 4.69) is 39.2 Å². The molecule has 0 aliphatic carbocycles. The van der Waals surface area contributed by atoms with E-state index >= 15 is 0 Å². The predicted octanol–water partition coefficient (Wildman–Crippen LogP) is -4.38. The molecule has 6 amide bonds. The van der Waals surface area contributed by atoms with Gasteiger partial charge < -0.3 is 58.1 Å². The van der Waals surface area contributed by atoms with Gasteiger partial charge in [0.05, 0.1) is 19.3 Å². The zero-order valence-corrected chi connectivity index (χ0v) is 28.4. The first-order chi connectivity index (χ1) is 23.5. The molecule has 0 saturated heterocycles. The Kier molecular flexibility index (Phi) is 19.0. The second kappa shape index (κ2) is 22.0. The molecule has 6 atom stereocenters. The molecule has 1 aromatic carbocycles. The van der Waals surface area contributed by atoms with E-state index in [1.807, 2.05) is 5.32 Å². The van der Waals surface area contributed by atoms with Crippen LogP contribution in [-0.4, -0.2) is 130 Å². The fraction of sp³-hybridized carbons (Fsp3) is 0.533. The highest BCUT2D eigenvalue weighted by molar-refractivity contribution is 7.80. The van der Waals surface area contributed by atoms with Crippen LogP contribution in [0.5, 0.6) is 0 Å². The number of rotatable bonds is 22. The highest BCUT2D eigenvalue weighted by Gasteiger charge is 2.34. The lowest BCUT2D eigenvalue weighted by atomic mass is 10.0. The number of carbonyl (C=O) groups excluding carboxylic acids is 6. The number of amides is 6. The highest BCUT2D eigenvalue weighted by atomic mass is 32.1. The van der Waals surface area contributed by atoms with Crippen molar-refractivity contribution in [1.82, 2.24) is 31.9 Å². The van der Waals surface area contributed by atoms with Crippen molar-refractivity contribution >= 4 is 60.0 Å². The maximum Gasteiger partial charge on any atom is 0.322 e. The lowest BCUT2D eigenvalue weighted by molar-refractivity contribution is -0.139. The van der Waals surface area contributed by atoms with Gasteiger partial charge in [0.2, 0.25) is 35.4 Å². The summed E-state index contributed by atoms with van der Waals surface area (Å²) in [5.74, 6) is -9.07. The second-order valence-electron chi connectivity index (χ2n) is 11.4. The molecule has 1 rings (SSSR count). The van der Waals surface area contributed by atoms with Crippen LogP contribution in [0.1, 0.15) is 32.3 Å². The average Bonchev–Trinajstić information content (AvgIpc) is 3.07. The Balaban J connectivity index is 3.13. The van der Waals surface area contributed by atoms with Crippen molar-refractivity contribution in [2.75, 3.05) is 25.5 Å². The fourth-order valence-electron chi connectivity index (χ4n) is 4.23. The van der Waals surface area contributed by atoms with Gasteiger partial charge in [-0.1, -0.05) is 44.2 Å². The molecule has 20 heteroatoms. The molecule has 0 radical (unpaired) electrons. The van der Waals surface area contributed by atoms with Crippen LogP contribution in [0.2, 0.25) is 0 Å². The van der Waals surface area contributed by atoms with Crippen molar-refractivity contribution < 1.29 is 58.8 Å². The molecule has 0 aliphatic rings. The number of aliphatic hydroxyl groups excluding tert-OH is 2.